The van der Waals surface area contributed by atoms with E-state index in [2.05, 4.69) is 102 Å². The molecule has 0 unspecified atom stereocenters. The summed E-state index contributed by atoms with van der Waals surface area (Å²) >= 11 is 0. The van der Waals surface area contributed by atoms with Crippen LogP contribution in [-0.2, 0) is 13.1 Å². The van der Waals surface area contributed by atoms with E-state index in [4.69, 9.17) is 4.98 Å². The highest BCUT2D eigenvalue weighted by molar-refractivity contribution is 5.79. The summed E-state index contributed by atoms with van der Waals surface area (Å²) < 4.78 is 0. The summed E-state index contributed by atoms with van der Waals surface area (Å²) in [5, 5.41) is 7.18. The Balaban J connectivity index is 1.65. The topological polar surface area (TPSA) is 37.0 Å². The molecule has 1 aromatic heterocycles. The molecule has 4 aromatic rings. The number of anilines is 2. The van der Waals surface area contributed by atoms with Gasteiger partial charge in [0.25, 0.3) is 0 Å². The van der Waals surface area contributed by atoms with Crippen LogP contribution in [0.1, 0.15) is 11.3 Å². The van der Waals surface area contributed by atoms with E-state index in [0.29, 0.717) is 6.54 Å². The van der Waals surface area contributed by atoms with Crippen molar-refractivity contribution in [2.75, 3.05) is 10.6 Å². The first kappa shape index (κ1) is 16.6. The van der Waals surface area contributed by atoms with Crippen LogP contribution >= 0.6 is 0 Å². The van der Waals surface area contributed by atoms with Gasteiger partial charge in [-0.2, -0.15) is 0 Å². The predicted molar refractivity (Wildman–Crippen MR) is 116 cm³/mol. The molecule has 0 atom stereocenters. The summed E-state index contributed by atoms with van der Waals surface area (Å²) in [6.45, 7) is 1.44. The second kappa shape index (κ2) is 7.20. The third kappa shape index (κ3) is 3.23. The van der Waals surface area contributed by atoms with Crippen molar-refractivity contribution >= 4 is 11.4 Å². The van der Waals surface area contributed by atoms with E-state index < -0.39 is 0 Å². The van der Waals surface area contributed by atoms with Crippen molar-refractivity contribution in [1.29, 1.82) is 0 Å². The van der Waals surface area contributed by atoms with Gasteiger partial charge >= 0.3 is 0 Å². The fourth-order valence-corrected chi connectivity index (χ4v) is 3.71. The lowest BCUT2D eigenvalue weighted by atomic mass is 10.0. The molecule has 5 rings (SSSR count). The Hall–Kier alpha value is -3.59. The number of hydrogen-bond donors (Lipinski definition) is 2. The summed E-state index contributed by atoms with van der Waals surface area (Å²) in [5.74, 6) is 0. The van der Waals surface area contributed by atoms with Gasteiger partial charge in [-0.1, -0.05) is 60.7 Å². The van der Waals surface area contributed by atoms with Crippen molar-refractivity contribution in [3.05, 3.63) is 102 Å². The molecule has 3 aromatic carbocycles. The Labute approximate surface area is 165 Å². The first-order valence-electron chi connectivity index (χ1n) is 9.58. The number of hydrogen-bond acceptors (Lipinski definition) is 3. The van der Waals surface area contributed by atoms with Crippen LogP contribution in [0.25, 0.3) is 22.4 Å². The largest absolute Gasteiger partial charge is 0.380 e. The number of fused-ring (bicyclic) bond motifs is 8. The normalized spacial score (nSPS) is 12.6. The number of aromatic nitrogens is 1. The van der Waals surface area contributed by atoms with Gasteiger partial charge in [-0.05, 0) is 41.5 Å². The van der Waals surface area contributed by atoms with Crippen molar-refractivity contribution in [3.8, 4) is 22.4 Å². The second-order valence-electron chi connectivity index (χ2n) is 7.01. The molecule has 0 radical (unpaired) electrons. The van der Waals surface area contributed by atoms with Gasteiger partial charge in [-0.15, -0.1) is 0 Å². The molecule has 0 saturated carbocycles. The molecule has 3 heteroatoms. The van der Waals surface area contributed by atoms with E-state index in [1.807, 2.05) is 0 Å². The highest BCUT2D eigenvalue weighted by atomic mass is 14.9. The molecule has 4 bridgehead atoms. The van der Waals surface area contributed by atoms with E-state index in [1.165, 1.54) is 16.7 Å². The summed E-state index contributed by atoms with van der Waals surface area (Å²) in [7, 11) is 0. The molecule has 28 heavy (non-hydrogen) atoms. The third-order valence-electron chi connectivity index (χ3n) is 5.12. The van der Waals surface area contributed by atoms with E-state index >= 15 is 0 Å². The number of para-hydroxylation sites is 2. The molecule has 3 nitrogen and oxygen atoms in total. The minimum absolute atomic E-state index is 0.681. The van der Waals surface area contributed by atoms with Gasteiger partial charge in [0.2, 0.25) is 0 Å². The van der Waals surface area contributed by atoms with Crippen LogP contribution in [0, 0.1) is 0 Å². The molecule has 0 fully saturated rings. The Morgan fingerprint density at radius 2 is 1.32 bits per heavy atom. The lowest BCUT2D eigenvalue weighted by molar-refractivity contribution is 1.05. The minimum atomic E-state index is 0.681. The zero-order valence-corrected chi connectivity index (χ0v) is 15.5. The highest BCUT2D eigenvalue weighted by Gasteiger charge is 2.10. The van der Waals surface area contributed by atoms with Crippen LogP contribution in [-0.4, -0.2) is 4.98 Å². The standard InChI is InChI=1S/C25H21N3/c1-3-12-23-21(10-1)19-8-5-7-18(15-19)16-26-24-13-4-2-11-22(24)25-14-6-9-20(28-25)17-27-23/h1-15,26-27H,16-17H2. The molecule has 0 amide bonds. The summed E-state index contributed by atoms with van der Waals surface area (Å²) in [6.07, 6.45) is 0. The van der Waals surface area contributed by atoms with Gasteiger partial charge in [0, 0.05) is 29.0 Å². The maximum absolute atomic E-state index is 4.90. The molecular weight excluding hydrogens is 342 g/mol. The first-order chi connectivity index (χ1) is 13.9. The van der Waals surface area contributed by atoms with Crippen LogP contribution < -0.4 is 10.6 Å². The Kier molecular flexibility index (Phi) is 4.26. The molecule has 2 heterocycles. The minimum Gasteiger partial charge on any atom is -0.380 e. The molecular formula is C25H21N3. The van der Waals surface area contributed by atoms with Gasteiger partial charge in [0.05, 0.1) is 17.9 Å². The van der Waals surface area contributed by atoms with E-state index in [0.717, 1.165) is 34.9 Å². The van der Waals surface area contributed by atoms with Crippen LogP contribution in [0.4, 0.5) is 11.4 Å². The van der Waals surface area contributed by atoms with Crippen LogP contribution in [0.3, 0.4) is 0 Å². The van der Waals surface area contributed by atoms with E-state index in [9.17, 15) is 0 Å². The number of nitrogens with zero attached hydrogens (tertiary/aromatic N) is 1. The van der Waals surface area contributed by atoms with Crippen LogP contribution in [0.15, 0.2) is 91.0 Å². The number of rotatable bonds is 0. The van der Waals surface area contributed by atoms with Crippen molar-refractivity contribution in [3.63, 3.8) is 0 Å². The fourth-order valence-electron chi connectivity index (χ4n) is 3.71. The summed E-state index contributed by atoms with van der Waals surface area (Å²) in [5.41, 5.74) is 9.03. The number of pyridine rings is 1. The predicted octanol–water partition coefficient (Wildman–Crippen LogP) is 5.95. The molecule has 1 aliphatic rings. The first-order valence-corrected chi connectivity index (χ1v) is 9.58. The number of benzene rings is 3. The monoisotopic (exact) mass is 363 g/mol. The smallest absolute Gasteiger partial charge is 0.0726 e. The Morgan fingerprint density at radius 1 is 0.607 bits per heavy atom. The second-order valence-corrected chi connectivity index (χ2v) is 7.01. The molecule has 0 aliphatic carbocycles. The molecule has 2 N–H and O–H groups in total. The van der Waals surface area contributed by atoms with Gasteiger partial charge in [-0.25, -0.2) is 0 Å². The number of nitrogens with one attached hydrogen (secondary N) is 2. The highest BCUT2D eigenvalue weighted by Crippen LogP contribution is 2.31. The van der Waals surface area contributed by atoms with E-state index in [-0.39, 0.29) is 0 Å². The lowest BCUT2D eigenvalue weighted by Gasteiger charge is -2.16. The average molecular weight is 363 g/mol. The van der Waals surface area contributed by atoms with Crippen molar-refractivity contribution in [2.45, 2.75) is 13.1 Å². The molecule has 1 aliphatic heterocycles. The third-order valence-corrected chi connectivity index (χ3v) is 5.12. The van der Waals surface area contributed by atoms with Gasteiger partial charge in [0.1, 0.15) is 0 Å². The van der Waals surface area contributed by atoms with Crippen molar-refractivity contribution in [1.82, 2.24) is 4.98 Å². The van der Waals surface area contributed by atoms with E-state index in [1.54, 1.807) is 0 Å². The SMILES string of the molecule is c1cc2cc(c1)-c1ccccc1NCc1cccc(n1)-c1ccccc1NC2. The van der Waals surface area contributed by atoms with Crippen LogP contribution in [0.5, 0.6) is 0 Å². The zero-order chi connectivity index (χ0) is 18.8. The average Bonchev–Trinajstić information content (AvgIpc) is 2.77. The molecule has 0 saturated heterocycles. The van der Waals surface area contributed by atoms with Crippen molar-refractivity contribution < 1.29 is 0 Å². The van der Waals surface area contributed by atoms with Crippen molar-refractivity contribution in [2.24, 2.45) is 0 Å². The Morgan fingerprint density at radius 3 is 2.21 bits per heavy atom. The molecule has 136 valence electrons. The fraction of sp³-hybridized carbons (Fsp3) is 0.0800. The maximum Gasteiger partial charge on any atom is 0.0726 e. The summed E-state index contributed by atoms with van der Waals surface area (Å²) in [6, 6.07) is 31.8. The lowest BCUT2D eigenvalue weighted by Crippen LogP contribution is -2.06. The maximum atomic E-state index is 4.90. The Bertz CT molecular complexity index is 1040. The zero-order valence-electron chi connectivity index (χ0n) is 15.5. The van der Waals surface area contributed by atoms with Gasteiger partial charge in [-0.3, -0.25) is 4.98 Å². The quantitative estimate of drug-likeness (QED) is 0.405. The summed E-state index contributed by atoms with van der Waals surface area (Å²) in [4.78, 5) is 4.90. The van der Waals surface area contributed by atoms with Crippen LogP contribution in [0.2, 0.25) is 0 Å². The van der Waals surface area contributed by atoms with Gasteiger partial charge < -0.3 is 10.6 Å². The molecule has 0 spiro atoms. The van der Waals surface area contributed by atoms with Gasteiger partial charge in [0.15, 0.2) is 0 Å².